The molecule has 0 aromatic carbocycles. The summed E-state index contributed by atoms with van der Waals surface area (Å²) in [6.45, 7) is 4.71. The molecule has 0 amide bonds. The minimum absolute atomic E-state index is 1.08. The molecule has 2 rings (SSSR count). The topological polar surface area (TPSA) is 0 Å². The first-order valence-corrected chi connectivity index (χ1v) is 4.88. The van der Waals surface area contributed by atoms with Gasteiger partial charge in [-0.25, -0.2) is 0 Å². The summed E-state index contributed by atoms with van der Waals surface area (Å²) >= 11 is 0. The zero-order valence-corrected chi connectivity index (χ0v) is 7.14. The molecule has 0 aromatic heterocycles. The molecule has 0 N–H and O–H groups in total. The fraction of sp³-hybridized carbons (Fsp3) is 1.00. The molecule has 2 aliphatic rings. The zero-order chi connectivity index (χ0) is 7.14. The fourth-order valence-corrected chi connectivity index (χ4v) is 2.94. The quantitative estimate of drug-likeness (QED) is 0.562. The van der Waals surface area contributed by atoms with Crippen LogP contribution in [0.3, 0.4) is 0 Å². The van der Waals surface area contributed by atoms with Gasteiger partial charge in [0.1, 0.15) is 0 Å². The summed E-state index contributed by atoms with van der Waals surface area (Å²) < 4.78 is 0. The Labute approximate surface area is 64.0 Å². The number of fused-ring (bicyclic) bond motifs is 1. The van der Waals surface area contributed by atoms with Crippen LogP contribution in [0.1, 0.15) is 39.5 Å². The van der Waals surface area contributed by atoms with Gasteiger partial charge in [0.05, 0.1) is 0 Å². The number of rotatable bonds is 3. The lowest BCUT2D eigenvalue weighted by molar-refractivity contribution is 0.413. The summed E-state index contributed by atoms with van der Waals surface area (Å²) in [5.74, 6) is 4.65. The predicted molar refractivity (Wildman–Crippen MR) is 43.8 cm³/mol. The zero-order valence-electron chi connectivity index (χ0n) is 7.14. The summed E-state index contributed by atoms with van der Waals surface area (Å²) in [7, 11) is 0. The molecular weight excluding hydrogens is 120 g/mol. The van der Waals surface area contributed by atoms with Crippen molar-refractivity contribution < 1.29 is 0 Å². The van der Waals surface area contributed by atoms with Gasteiger partial charge in [-0.15, -0.1) is 0 Å². The van der Waals surface area contributed by atoms with E-state index >= 15 is 0 Å². The molecule has 58 valence electrons. The molecule has 0 bridgehead atoms. The van der Waals surface area contributed by atoms with Crippen LogP contribution in [0.15, 0.2) is 0 Å². The van der Waals surface area contributed by atoms with Crippen LogP contribution in [0.25, 0.3) is 0 Å². The van der Waals surface area contributed by atoms with Crippen molar-refractivity contribution in [2.45, 2.75) is 39.5 Å². The Morgan fingerprint density at radius 3 is 1.90 bits per heavy atom. The van der Waals surface area contributed by atoms with E-state index in [0.29, 0.717) is 0 Å². The van der Waals surface area contributed by atoms with Crippen molar-refractivity contribution >= 4 is 0 Å². The second kappa shape index (κ2) is 2.25. The lowest BCUT2D eigenvalue weighted by Crippen LogP contribution is -2.00. The molecule has 0 aromatic rings. The van der Waals surface area contributed by atoms with Gasteiger partial charge in [-0.1, -0.05) is 26.7 Å². The maximum atomic E-state index is 2.35. The molecule has 0 spiro atoms. The lowest BCUT2D eigenvalue weighted by atomic mass is 9.97. The van der Waals surface area contributed by atoms with Gasteiger partial charge < -0.3 is 0 Å². The minimum Gasteiger partial charge on any atom is -0.0651 e. The van der Waals surface area contributed by atoms with Crippen LogP contribution >= 0.6 is 0 Å². The standard InChI is InChI=1S/C10H18/c1-3-7(4-2)10-8-5-6-9(8)10/h7-10H,3-6H2,1-2H3. The summed E-state index contributed by atoms with van der Waals surface area (Å²) in [4.78, 5) is 0. The Morgan fingerprint density at radius 1 is 1.10 bits per heavy atom. The van der Waals surface area contributed by atoms with Crippen molar-refractivity contribution in [2.24, 2.45) is 23.7 Å². The maximum absolute atomic E-state index is 2.35. The van der Waals surface area contributed by atoms with Gasteiger partial charge in [0.2, 0.25) is 0 Å². The van der Waals surface area contributed by atoms with Gasteiger partial charge in [-0.2, -0.15) is 0 Å². The maximum Gasteiger partial charge on any atom is -0.0324 e. The second-order valence-corrected chi connectivity index (χ2v) is 4.06. The Balaban J connectivity index is 1.87. The highest BCUT2D eigenvalue weighted by molar-refractivity contribution is 5.06. The highest BCUT2D eigenvalue weighted by Gasteiger charge is 2.57. The van der Waals surface area contributed by atoms with Gasteiger partial charge in [-0.05, 0) is 36.5 Å². The molecule has 0 heterocycles. The van der Waals surface area contributed by atoms with Crippen LogP contribution in [0.2, 0.25) is 0 Å². The first kappa shape index (κ1) is 6.69. The van der Waals surface area contributed by atoms with Crippen molar-refractivity contribution in [1.29, 1.82) is 0 Å². The second-order valence-electron chi connectivity index (χ2n) is 4.06. The predicted octanol–water partition coefficient (Wildman–Crippen LogP) is 3.08. The minimum atomic E-state index is 1.08. The molecular formula is C10H18. The van der Waals surface area contributed by atoms with Gasteiger partial charge in [-0.3, -0.25) is 0 Å². The normalized spacial score (nSPS) is 42.9. The molecule has 2 saturated carbocycles. The van der Waals surface area contributed by atoms with Crippen LogP contribution in [0, 0.1) is 23.7 Å². The molecule has 0 aliphatic heterocycles. The smallest absolute Gasteiger partial charge is 0.0324 e. The van der Waals surface area contributed by atoms with Crippen LogP contribution < -0.4 is 0 Å². The summed E-state index contributed by atoms with van der Waals surface area (Å²) in [5.41, 5.74) is 0. The molecule has 2 unspecified atom stereocenters. The molecule has 0 radical (unpaired) electrons. The van der Waals surface area contributed by atoms with Crippen molar-refractivity contribution in [2.75, 3.05) is 0 Å². The summed E-state index contributed by atoms with van der Waals surface area (Å²) in [6.07, 6.45) is 5.97. The lowest BCUT2D eigenvalue weighted by Gasteiger charge is -2.09. The Kier molecular flexibility index (Phi) is 1.51. The molecule has 2 fully saturated rings. The van der Waals surface area contributed by atoms with E-state index in [-0.39, 0.29) is 0 Å². The van der Waals surface area contributed by atoms with E-state index in [1.807, 2.05) is 0 Å². The van der Waals surface area contributed by atoms with E-state index in [1.165, 1.54) is 30.6 Å². The third-order valence-electron chi connectivity index (χ3n) is 3.82. The molecule has 0 heteroatoms. The van der Waals surface area contributed by atoms with Gasteiger partial charge in [0.15, 0.2) is 0 Å². The van der Waals surface area contributed by atoms with Gasteiger partial charge in [0.25, 0.3) is 0 Å². The molecule has 0 saturated heterocycles. The third kappa shape index (κ3) is 0.741. The highest BCUT2D eigenvalue weighted by Crippen LogP contribution is 2.65. The molecule has 10 heavy (non-hydrogen) atoms. The first-order chi connectivity index (χ1) is 4.88. The van der Waals surface area contributed by atoms with Crippen LogP contribution in [-0.4, -0.2) is 0 Å². The Hall–Kier alpha value is 0. The fourth-order valence-electron chi connectivity index (χ4n) is 2.94. The number of hydrogen-bond donors (Lipinski definition) is 0. The molecule has 2 atom stereocenters. The van der Waals surface area contributed by atoms with Gasteiger partial charge in [0, 0.05) is 0 Å². The van der Waals surface area contributed by atoms with Crippen molar-refractivity contribution in [3.05, 3.63) is 0 Å². The van der Waals surface area contributed by atoms with Crippen LogP contribution in [0.4, 0.5) is 0 Å². The van der Waals surface area contributed by atoms with Crippen LogP contribution in [-0.2, 0) is 0 Å². The largest absolute Gasteiger partial charge is 0.0651 e. The van der Waals surface area contributed by atoms with Crippen molar-refractivity contribution in [3.8, 4) is 0 Å². The van der Waals surface area contributed by atoms with E-state index < -0.39 is 0 Å². The third-order valence-corrected chi connectivity index (χ3v) is 3.82. The van der Waals surface area contributed by atoms with E-state index in [4.69, 9.17) is 0 Å². The van der Waals surface area contributed by atoms with Gasteiger partial charge >= 0.3 is 0 Å². The summed E-state index contributed by atoms with van der Waals surface area (Å²) in [5, 5.41) is 0. The monoisotopic (exact) mass is 138 g/mol. The highest BCUT2D eigenvalue weighted by atomic mass is 14.6. The Bertz CT molecular complexity index is 114. The van der Waals surface area contributed by atoms with E-state index in [9.17, 15) is 0 Å². The van der Waals surface area contributed by atoms with E-state index in [1.54, 1.807) is 12.8 Å². The number of hydrogen-bond acceptors (Lipinski definition) is 0. The molecule has 0 nitrogen and oxygen atoms in total. The average molecular weight is 138 g/mol. The van der Waals surface area contributed by atoms with Crippen molar-refractivity contribution in [3.63, 3.8) is 0 Å². The Morgan fingerprint density at radius 2 is 1.60 bits per heavy atom. The van der Waals surface area contributed by atoms with Crippen LogP contribution in [0.5, 0.6) is 0 Å². The SMILES string of the molecule is CCC(CC)C1C2CCC21. The van der Waals surface area contributed by atoms with E-state index in [2.05, 4.69) is 13.8 Å². The summed E-state index contributed by atoms with van der Waals surface area (Å²) in [6, 6.07) is 0. The average Bonchev–Trinajstić information content (AvgIpc) is 2.36. The molecule has 2 aliphatic carbocycles. The first-order valence-electron chi connectivity index (χ1n) is 4.88. The van der Waals surface area contributed by atoms with E-state index in [0.717, 1.165) is 5.92 Å². The van der Waals surface area contributed by atoms with Crippen molar-refractivity contribution in [1.82, 2.24) is 0 Å².